The number of carbonyl (C=O) groups excluding carboxylic acids is 1. The zero-order chi connectivity index (χ0) is 31.4. The van der Waals surface area contributed by atoms with E-state index >= 15 is 0 Å². The molecule has 0 radical (unpaired) electrons. The van der Waals surface area contributed by atoms with E-state index in [2.05, 4.69) is 4.99 Å². The van der Waals surface area contributed by atoms with Crippen molar-refractivity contribution in [2.75, 3.05) is 20.3 Å². The number of nitrogens with zero attached hydrogens (tertiary/aromatic N) is 2. The van der Waals surface area contributed by atoms with Crippen LogP contribution in [0.5, 0.6) is 17.2 Å². The highest BCUT2D eigenvalue weighted by Crippen LogP contribution is 2.36. The molecule has 0 saturated carbocycles. The van der Waals surface area contributed by atoms with Gasteiger partial charge in [-0.3, -0.25) is 9.36 Å². The van der Waals surface area contributed by atoms with Crippen LogP contribution in [0, 0.1) is 6.92 Å². The number of thiazole rings is 1. The average molecular weight is 654 g/mol. The van der Waals surface area contributed by atoms with E-state index < -0.39 is 12.0 Å². The van der Waals surface area contributed by atoms with Crippen LogP contribution in [0.3, 0.4) is 0 Å². The molecule has 228 valence electrons. The van der Waals surface area contributed by atoms with Crippen molar-refractivity contribution in [2.24, 2.45) is 4.99 Å². The van der Waals surface area contributed by atoms with E-state index in [-0.39, 0.29) is 11.1 Å². The molecule has 44 heavy (non-hydrogen) atoms. The van der Waals surface area contributed by atoms with E-state index in [1.54, 1.807) is 36.4 Å². The average Bonchev–Trinajstić information content (AvgIpc) is 3.32. The van der Waals surface area contributed by atoms with E-state index in [9.17, 15) is 9.59 Å². The minimum atomic E-state index is -0.805. The fourth-order valence-corrected chi connectivity index (χ4v) is 6.36. The lowest BCUT2D eigenvalue weighted by Gasteiger charge is -2.23. The van der Waals surface area contributed by atoms with Gasteiger partial charge < -0.3 is 18.9 Å². The summed E-state index contributed by atoms with van der Waals surface area (Å²) in [7, 11) is 1.29. The molecule has 1 aromatic heterocycles. The van der Waals surface area contributed by atoms with Crippen LogP contribution in [0.1, 0.15) is 42.1 Å². The summed E-state index contributed by atoms with van der Waals surface area (Å²) < 4.78 is 24.4. The molecule has 0 amide bonds. The maximum Gasteiger partial charge on any atom is 0.337 e. The first-order valence-electron chi connectivity index (χ1n) is 13.9. The van der Waals surface area contributed by atoms with Crippen LogP contribution < -0.4 is 29.1 Å². The highest BCUT2D eigenvalue weighted by molar-refractivity contribution is 7.07. The molecule has 2 heterocycles. The Kier molecular flexibility index (Phi) is 9.78. The molecule has 0 saturated heterocycles. The Morgan fingerprint density at radius 3 is 2.32 bits per heavy atom. The highest BCUT2D eigenvalue weighted by atomic mass is 35.5. The largest absolute Gasteiger partial charge is 0.490 e. The highest BCUT2D eigenvalue weighted by Gasteiger charge is 2.31. The quantitative estimate of drug-likeness (QED) is 0.195. The lowest BCUT2D eigenvalue weighted by atomic mass is 9.97. The fraction of sp³-hybridized carbons (Fsp3) is 0.242. The first-order chi connectivity index (χ1) is 21.2. The summed E-state index contributed by atoms with van der Waals surface area (Å²) in [5.41, 5.74) is 3.25. The van der Waals surface area contributed by atoms with Gasteiger partial charge in [-0.25, -0.2) is 9.79 Å². The third-order valence-electron chi connectivity index (χ3n) is 6.83. The molecule has 3 aromatic carbocycles. The molecule has 0 N–H and O–H groups in total. The third-order valence-corrected chi connectivity index (χ3v) is 8.39. The molecule has 5 rings (SSSR count). The smallest absolute Gasteiger partial charge is 0.337 e. The van der Waals surface area contributed by atoms with Gasteiger partial charge in [0.05, 0.1) is 46.5 Å². The number of hydrogen-bond donors (Lipinski definition) is 0. The lowest BCUT2D eigenvalue weighted by molar-refractivity contribution is -0.136. The Bertz CT molecular complexity index is 1890. The number of esters is 1. The van der Waals surface area contributed by atoms with Crippen molar-refractivity contribution in [3.05, 3.63) is 118 Å². The van der Waals surface area contributed by atoms with Gasteiger partial charge in [0.2, 0.25) is 0 Å². The lowest BCUT2D eigenvalue weighted by Crippen LogP contribution is -2.39. The second kappa shape index (κ2) is 13.7. The van der Waals surface area contributed by atoms with Crippen molar-refractivity contribution in [1.82, 2.24) is 4.57 Å². The van der Waals surface area contributed by atoms with Crippen LogP contribution in [0.4, 0.5) is 0 Å². The van der Waals surface area contributed by atoms with Gasteiger partial charge in [-0.1, -0.05) is 70.4 Å². The molecule has 0 bridgehead atoms. The van der Waals surface area contributed by atoms with Crippen molar-refractivity contribution >= 4 is 46.6 Å². The predicted molar refractivity (Wildman–Crippen MR) is 172 cm³/mol. The van der Waals surface area contributed by atoms with Gasteiger partial charge in [0.1, 0.15) is 6.61 Å². The molecule has 0 unspecified atom stereocenters. The maximum absolute atomic E-state index is 13.9. The van der Waals surface area contributed by atoms with Crippen molar-refractivity contribution < 1.29 is 23.7 Å². The van der Waals surface area contributed by atoms with Crippen LogP contribution in [-0.2, 0) is 16.1 Å². The molecule has 4 aromatic rings. The Morgan fingerprint density at radius 2 is 1.66 bits per heavy atom. The Hall–Kier alpha value is -4.05. The minimum absolute atomic E-state index is 0.208. The molecule has 0 aliphatic carbocycles. The zero-order valence-corrected chi connectivity index (χ0v) is 26.9. The van der Waals surface area contributed by atoms with Crippen molar-refractivity contribution in [2.45, 2.75) is 33.4 Å². The molecule has 1 aliphatic rings. The van der Waals surface area contributed by atoms with E-state index in [1.807, 2.05) is 45.0 Å². The summed E-state index contributed by atoms with van der Waals surface area (Å²) in [6.45, 7) is 6.93. The first-order valence-corrected chi connectivity index (χ1v) is 15.5. The van der Waals surface area contributed by atoms with Crippen molar-refractivity contribution in [3.8, 4) is 17.2 Å². The maximum atomic E-state index is 13.9. The van der Waals surface area contributed by atoms with Gasteiger partial charge in [-0.05, 0) is 67.8 Å². The second-order valence-electron chi connectivity index (χ2n) is 9.84. The summed E-state index contributed by atoms with van der Waals surface area (Å²) in [4.78, 5) is 31.6. The summed E-state index contributed by atoms with van der Waals surface area (Å²) in [6, 6.07) is 15.9. The molecular formula is C33H30Cl2N2O6S. The summed E-state index contributed by atoms with van der Waals surface area (Å²) >= 11 is 14.3. The number of hydrogen-bond acceptors (Lipinski definition) is 8. The molecule has 0 spiro atoms. The molecule has 8 nitrogen and oxygen atoms in total. The number of ether oxygens (including phenoxy) is 4. The van der Waals surface area contributed by atoms with E-state index in [0.717, 1.165) is 11.1 Å². The third kappa shape index (κ3) is 6.55. The summed E-state index contributed by atoms with van der Waals surface area (Å²) in [5.74, 6) is 0.828. The first kappa shape index (κ1) is 31.4. The van der Waals surface area contributed by atoms with Gasteiger partial charge >= 0.3 is 5.97 Å². The Balaban J connectivity index is 1.54. The van der Waals surface area contributed by atoms with E-state index in [1.165, 1.54) is 29.2 Å². The fourth-order valence-electron chi connectivity index (χ4n) is 4.78. The van der Waals surface area contributed by atoms with Gasteiger partial charge in [-0.15, -0.1) is 0 Å². The SMILES string of the molecule is CCOc1ccc([C@@H]2C(C(=O)OC)=CN=c3s/c(=C\c4cc(Cl)c(OCc5ccc(C)cc5)c(Cl)c4)c(=O)n32)cc1OCC. The summed E-state index contributed by atoms with van der Waals surface area (Å²) in [5, 5.41) is 0.625. The van der Waals surface area contributed by atoms with E-state index in [0.29, 0.717) is 67.6 Å². The molecule has 1 atom stereocenters. The van der Waals surface area contributed by atoms with Crippen LogP contribution in [0.2, 0.25) is 10.0 Å². The van der Waals surface area contributed by atoms with Crippen LogP contribution in [0.25, 0.3) is 6.08 Å². The number of methoxy groups -OCH3 is 1. The molecule has 11 heteroatoms. The van der Waals surface area contributed by atoms with Crippen LogP contribution in [0.15, 0.2) is 76.2 Å². The van der Waals surface area contributed by atoms with Gasteiger partial charge in [0.25, 0.3) is 5.56 Å². The van der Waals surface area contributed by atoms with Gasteiger partial charge in [0, 0.05) is 6.20 Å². The summed E-state index contributed by atoms with van der Waals surface area (Å²) in [6.07, 6.45) is 3.13. The molecule has 0 fully saturated rings. The predicted octanol–water partition coefficient (Wildman–Crippen LogP) is 6.01. The standard InChI is InChI=1S/C33H30Cl2N2O6S/c1-5-41-26-12-11-22(16-27(26)42-6-2)29-23(32(39)40-4)17-36-33-37(29)31(38)28(44-33)15-21-13-24(34)30(25(35)14-21)43-18-20-9-7-19(3)8-10-20/h7-17,29H,5-6,18H2,1-4H3/b28-15-/t29-/m1/s1. The van der Waals surface area contributed by atoms with Crippen molar-refractivity contribution in [1.29, 1.82) is 0 Å². The molecular weight excluding hydrogens is 623 g/mol. The minimum Gasteiger partial charge on any atom is -0.490 e. The van der Waals surface area contributed by atoms with Crippen molar-refractivity contribution in [3.63, 3.8) is 0 Å². The van der Waals surface area contributed by atoms with Gasteiger partial charge in [-0.2, -0.15) is 0 Å². The molecule has 1 aliphatic heterocycles. The number of rotatable bonds is 10. The van der Waals surface area contributed by atoms with Crippen LogP contribution >= 0.6 is 34.5 Å². The Labute approximate surface area is 268 Å². The second-order valence-corrected chi connectivity index (χ2v) is 11.7. The topological polar surface area (TPSA) is 88.4 Å². The number of halogens is 2. The number of benzene rings is 3. The number of carbonyl (C=O) groups is 1. The number of aromatic nitrogens is 1. The van der Waals surface area contributed by atoms with Crippen LogP contribution in [-0.4, -0.2) is 30.9 Å². The Morgan fingerprint density at radius 1 is 0.977 bits per heavy atom. The van der Waals surface area contributed by atoms with E-state index in [4.69, 9.17) is 42.1 Å². The number of fused-ring (bicyclic) bond motifs is 1. The number of aryl methyl sites for hydroxylation is 1. The monoisotopic (exact) mass is 652 g/mol. The van der Waals surface area contributed by atoms with Gasteiger partial charge in [0.15, 0.2) is 22.0 Å². The normalized spacial score (nSPS) is 14.4. The zero-order valence-electron chi connectivity index (χ0n) is 24.6.